The Morgan fingerprint density at radius 3 is 2.88 bits per heavy atom. The molecule has 1 aliphatic heterocycles. The minimum absolute atomic E-state index is 0.292. The lowest BCUT2D eigenvalue weighted by molar-refractivity contribution is 0.900. The minimum Gasteiger partial charge on any atom is -0.369 e. The molecule has 0 bridgehead atoms. The highest BCUT2D eigenvalue weighted by Crippen LogP contribution is 2.34. The lowest BCUT2D eigenvalue weighted by atomic mass is 9.95. The van der Waals surface area contributed by atoms with E-state index in [1.54, 1.807) is 0 Å². The van der Waals surface area contributed by atoms with Crippen LogP contribution in [0.2, 0.25) is 5.28 Å². The molecule has 1 unspecified atom stereocenters. The van der Waals surface area contributed by atoms with Crippen LogP contribution >= 0.6 is 11.6 Å². The van der Waals surface area contributed by atoms with Gasteiger partial charge < -0.3 is 5.32 Å². The van der Waals surface area contributed by atoms with Gasteiger partial charge in [0, 0.05) is 24.2 Å². The topological polar surface area (TPSA) is 37.8 Å². The highest BCUT2D eigenvalue weighted by molar-refractivity contribution is 6.28. The first-order chi connectivity index (χ1) is 7.84. The van der Waals surface area contributed by atoms with Gasteiger partial charge in [-0.3, -0.25) is 0 Å². The van der Waals surface area contributed by atoms with Crippen LogP contribution in [-0.4, -0.2) is 16.5 Å². The molecule has 0 fully saturated rings. The lowest BCUT2D eigenvalue weighted by Gasteiger charge is -2.09. The molecule has 1 aromatic carbocycles. The zero-order valence-corrected chi connectivity index (χ0v) is 9.28. The highest BCUT2D eigenvalue weighted by atomic mass is 35.5. The molecule has 2 heterocycles. The summed E-state index contributed by atoms with van der Waals surface area (Å²) >= 11 is 5.75. The molecule has 1 atom stereocenters. The molecule has 3 rings (SSSR count). The van der Waals surface area contributed by atoms with E-state index in [-0.39, 0.29) is 0 Å². The second-order valence-corrected chi connectivity index (χ2v) is 4.13. The van der Waals surface area contributed by atoms with Crippen LogP contribution in [-0.2, 0) is 0 Å². The third kappa shape index (κ3) is 1.53. The second-order valence-electron chi connectivity index (χ2n) is 3.79. The molecule has 80 valence electrons. The van der Waals surface area contributed by atoms with Crippen LogP contribution in [0.1, 0.15) is 17.0 Å². The number of nitrogens with one attached hydrogen (secondary N) is 1. The number of rotatable bonds is 1. The first-order valence-corrected chi connectivity index (χ1v) is 5.53. The van der Waals surface area contributed by atoms with Crippen LogP contribution in [0, 0.1) is 0 Å². The summed E-state index contributed by atoms with van der Waals surface area (Å²) in [6, 6.07) is 10.4. The van der Waals surface area contributed by atoms with E-state index in [2.05, 4.69) is 27.4 Å². The van der Waals surface area contributed by atoms with Crippen LogP contribution in [0.5, 0.6) is 0 Å². The monoisotopic (exact) mass is 231 g/mol. The highest BCUT2D eigenvalue weighted by Gasteiger charge is 2.25. The van der Waals surface area contributed by atoms with Crippen molar-refractivity contribution in [2.45, 2.75) is 5.92 Å². The average Bonchev–Trinajstić information content (AvgIpc) is 2.73. The van der Waals surface area contributed by atoms with E-state index in [1.807, 2.05) is 24.4 Å². The van der Waals surface area contributed by atoms with Crippen LogP contribution < -0.4 is 5.32 Å². The maximum atomic E-state index is 5.75. The van der Waals surface area contributed by atoms with Crippen molar-refractivity contribution >= 4 is 17.4 Å². The van der Waals surface area contributed by atoms with Gasteiger partial charge in [0.25, 0.3) is 0 Å². The molecular formula is C12H10ClN3. The molecule has 0 saturated carbocycles. The first kappa shape index (κ1) is 9.60. The molecule has 0 amide bonds. The second kappa shape index (κ2) is 3.76. The van der Waals surface area contributed by atoms with Crippen molar-refractivity contribution in [3.05, 3.63) is 52.9 Å². The third-order valence-corrected chi connectivity index (χ3v) is 3.02. The third-order valence-electron chi connectivity index (χ3n) is 2.84. The standard InChI is InChI=1S/C12H10ClN3/c13-12-15-7-10-9(6-14-11(10)16-12)8-4-2-1-3-5-8/h1-5,7,9H,6H2,(H,14,15,16). The average molecular weight is 232 g/mol. The molecule has 16 heavy (non-hydrogen) atoms. The molecule has 0 saturated heterocycles. The maximum absolute atomic E-state index is 5.75. The van der Waals surface area contributed by atoms with E-state index in [9.17, 15) is 0 Å². The van der Waals surface area contributed by atoms with Crippen LogP contribution in [0.25, 0.3) is 0 Å². The zero-order valence-electron chi connectivity index (χ0n) is 8.52. The van der Waals surface area contributed by atoms with Crippen molar-refractivity contribution in [3.63, 3.8) is 0 Å². The molecular weight excluding hydrogens is 222 g/mol. The van der Waals surface area contributed by atoms with Crippen LogP contribution in [0.3, 0.4) is 0 Å². The number of nitrogens with zero attached hydrogens (tertiary/aromatic N) is 2. The number of hydrogen-bond donors (Lipinski definition) is 1. The van der Waals surface area contributed by atoms with Crippen molar-refractivity contribution in [2.24, 2.45) is 0 Å². The fourth-order valence-electron chi connectivity index (χ4n) is 2.06. The summed E-state index contributed by atoms with van der Waals surface area (Å²) in [4.78, 5) is 8.21. The number of anilines is 1. The van der Waals surface area contributed by atoms with E-state index in [0.29, 0.717) is 11.2 Å². The predicted molar refractivity (Wildman–Crippen MR) is 63.8 cm³/mol. The molecule has 4 heteroatoms. The predicted octanol–water partition coefficient (Wildman–Crippen LogP) is 2.69. The molecule has 2 aromatic rings. The number of aromatic nitrogens is 2. The maximum Gasteiger partial charge on any atom is 0.224 e. The number of halogens is 1. The Morgan fingerprint density at radius 1 is 1.25 bits per heavy atom. The summed E-state index contributed by atoms with van der Waals surface area (Å²) in [7, 11) is 0. The summed E-state index contributed by atoms with van der Waals surface area (Å²) in [5, 5.41) is 3.55. The largest absolute Gasteiger partial charge is 0.369 e. The minimum atomic E-state index is 0.292. The van der Waals surface area contributed by atoms with Gasteiger partial charge in [0.05, 0.1) is 0 Å². The van der Waals surface area contributed by atoms with Crippen molar-refractivity contribution in [2.75, 3.05) is 11.9 Å². The summed E-state index contributed by atoms with van der Waals surface area (Å²) in [5.74, 6) is 1.18. The van der Waals surface area contributed by atoms with Crippen LogP contribution in [0.15, 0.2) is 36.5 Å². The molecule has 0 spiro atoms. The fourth-order valence-corrected chi connectivity index (χ4v) is 2.19. The number of benzene rings is 1. The Labute approximate surface area is 98.5 Å². The summed E-state index contributed by atoms with van der Waals surface area (Å²) < 4.78 is 0. The summed E-state index contributed by atoms with van der Waals surface area (Å²) in [6.45, 7) is 0.856. The smallest absolute Gasteiger partial charge is 0.224 e. The van der Waals surface area contributed by atoms with Crippen molar-refractivity contribution in [1.82, 2.24) is 9.97 Å². The van der Waals surface area contributed by atoms with Gasteiger partial charge in [-0.05, 0) is 17.2 Å². The molecule has 0 aliphatic carbocycles. The van der Waals surface area contributed by atoms with Gasteiger partial charge in [-0.1, -0.05) is 30.3 Å². The molecule has 1 aliphatic rings. The zero-order chi connectivity index (χ0) is 11.0. The van der Waals surface area contributed by atoms with E-state index in [1.165, 1.54) is 5.56 Å². The van der Waals surface area contributed by atoms with Gasteiger partial charge in [-0.2, -0.15) is 0 Å². The van der Waals surface area contributed by atoms with E-state index in [0.717, 1.165) is 17.9 Å². The Bertz CT molecular complexity index is 513. The van der Waals surface area contributed by atoms with Crippen molar-refractivity contribution in [1.29, 1.82) is 0 Å². The van der Waals surface area contributed by atoms with Gasteiger partial charge in [0.2, 0.25) is 5.28 Å². The summed E-state index contributed by atoms with van der Waals surface area (Å²) in [6.07, 6.45) is 1.81. The Hall–Kier alpha value is -1.61. The molecule has 1 N–H and O–H groups in total. The van der Waals surface area contributed by atoms with Crippen molar-refractivity contribution < 1.29 is 0 Å². The van der Waals surface area contributed by atoms with Gasteiger partial charge in [-0.25, -0.2) is 9.97 Å². The first-order valence-electron chi connectivity index (χ1n) is 5.16. The van der Waals surface area contributed by atoms with Crippen LogP contribution in [0.4, 0.5) is 5.82 Å². The van der Waals surface area contributed by atoms with E-state index in [4.69, 9.17) is 11.6 Å². The van der Waals surface area contributed by atoms with Gasteiger partial charge in [0.15, 0.2) is 0 Å². The van der Waals surface area contributed by atoms with Gasteiger partial charge in [-0.15, -0.1) is 0 Å². The molecule has 1 aromatic heterocycles. The SMILES string of the molecule is Clc1ncc2c(n1)NCC2c1ccccc1. The Balaban J connectivity index is 2.04. The summed E-state index contributed by atoms with van der Waals surface area (Å²) in [5.41, 5.74) is 2.40. The molecule has 3 nitrogen and oxygen atoms in total. The quantitative estimate of drug-likeness (QED) is 0.767. The Morgan fingerprint density at radius 2 is 2.06 bits per heavy atom. The number of hydrogen-bond acceptors (Lipinski definition) is 3. The molecule has 0 radical (unpaired) electrons. The fraction of sp³-hybridized carbons (Fsp3) is 0.167. The lowest BCUT2D eigenvalue weighted by Crippen LogP contribution is -2.03. The van der Waals surface area contributed by atoms with Gasteiger partial charge >= 0.3 is 0 Å². The number of fused-ring (bicyclic) bond motifs is 1. The van der Waals surface area contributed by atoms with Gasteiger partial charge in [0.1, 0.15) is 5.82 Å². The van der Waals surface area contributed by atoms with E-state index < -0.39 is 0 Å². The van der Waals surface area contributed by atoms with Crippen molar-refractivity contribution in [3.8, 4) is 0 Å². The Kier molecular flexibility index (Phi) is 2.26. The van der Waals surface area contributed by atoms with E-state index >= 15 is 0 Å². The normalized spacial score (nSPS) is 17.9.